The Morgan fingerprint density at radius 3 is 2.21 bits per heavy atom. The van der Waals surface area contributed by atoms with Crippen LogP contribution in [0.25, 0.3) is 16.9 Å². The highest BCUT2D eigenvalue weighted by Gasteiger charge is 2.23. The Morgan fingerprint density at radius 1 is 0.912 bits per heavy atom. The molecule has 4 aromatic rings. The number of nitrogens with one attached hydrogen (secondary N) is 1. The lowest BCUT2D eigenvalue weighted by molar-refractivity contribution is 0.0499. The van der Waals surface area contributed by atoms with E-state index >= 15 is 0 Å². The summed E-state index contributed by atoms with van der Waals surface area (Å²) in [6.07, 6.45) is 1.79. The predicted molar refractivity (Wildman–Crippen MR) is 133 cm³/mol. The molecule has 1 N–H and O–H groups in total. The van der Waals surface area contributed by atoms with Gasteiger partial charge in [-0.25, -0.2) is 9.48 Å². The minimum absolute atomic E-state index is 0.267. The Kier molecular flexibility index (Phi) is 7.18. The number of benzene rings is 3. The third-order valence-corrected chi connectivity index (χ3v) is 5.50. The molecular weight excluding hydrogens is 426 g/mol. The van der Waals surface area contributed by atoms with E-state index in [0.717, 1.165) is 29.8 Å². The van der Waals surface area contributed by atoms with Gasteiger partial charge >= 0.3 is 5.97 Å². The fourth-order valence-corrected chi connectivity index (χ4v) is 3.67. The lowest BCUT2D eigenvalue weighted by Crippen LogP contribution is -2.14. The van der Waals surface area contributed by atoms with Crippen molar-refractivity contribution >= 4 is 17.6 Å². The van der Waals surface area contributed by atoms with E-state index in [4.69, 9.17) is 9.84 Å². The molecule has 4 rings (SSSR count). The monoisotopic (exact) mass is 453 g/mol. The van der Waals surface area contributed by atoms with Gasteiger partial charge in [-0.1, -0.05) is 61.9 Å². The Hall–Kier alpha value is -4.19. The molecule has 1 aromatic heterocycles. The zero-order chi connectivity index (χ0) is 23.9. The van der Waals surface area contributed by atoms with Crippen LogP contribution in [0.2, 0.25) is 0 Å². The molecule has 0 unspecified atom stereocenters. The van der Waals surface area contributed by atoms with E-state index in [1.165, 1.54) is 0 Å². The average Bonchev–Trinajstić information content (AvgIpc) is 3.23. The summed E-state index contributed by atoms with van der Waals surface area (Å²) in [5.74, 6) is -0.630. The van der Waals surface area contributed by atoms with Crippen LogP contribution in [0.3, 0.4) is 0 Å². The van der Waals surface area contributed by atoms with Gasteiger partial charge < -0.3 is 10.1 Å². The quantitative estimate of drug-likeness (QED) is 0.260. The van der Waals surface area contributed by atoms with Crippen molar-refractivity contribution in [3.63, 3.8) is 0 Å². The zero-order valence-electron chi connectivity index (χ0n) is 19.3. The van der Waals surface area contributed by atoms with Crippen molar-refractivity contribution in [2.45, 2.75) is 26.7 Å². The van der Waals surface area contributed by atoms with Crippen LogP contribution in [0.5, 0.6) is 0 Å². The maximum Gasteiger partial charge on any atom is 0.338 e. The van der Waals surface area contributed by atoms with Gasteiger partial charge in [-0.3, -0.25) is 4.79 Å². The summed E-state index contributed by atoms with van der Waals surface area (Å²) in [6, 6.07) is 26.1. The van der Waals surface area contributed by atoms with Crippen LogP contribution in [0.15, 0.2) is 84.9 Å². The Morgan fingerprint density at radius 2 is 1.56 bits per heavy atom. The number of nitrogens with zero attached hydrogens (tertiary/aromatic N) is 2. The largest absolute Gasteiger partial charge is 0.462 e. The number of para-hydroxylation sites is 1. The second kappa shape index (κ2) is 10.6. The van der Waals surface area contributed by atoms with E-state index in [0.29, 0.717) is 29.1 Å². The number of unbranched alkanes of at least 4 members (excludes halogenated alkanes) is 1. The highest BCUT2D eigenvalue weighted by atomic mass is 16.5. The van der Waals surface area contributed by atoms with Gasteiger partial charge in [-0.2, -0.15) is 5.10 Å². The molecule has 6 nitrogen and oxygen atoms in total. The number of esters is 1. The SMILES string of the molecule is CCCCOC(=O)c1ccc(NC(=O)c2c(-c3ccccc3)nn(-c3ccccc3)c2C)cc1. The molecule has 3 aromatic carbocycles. The topological polar surface area (TPSA) is 73.2 Å². The summed E-state index contributed by atoms with van der Waals surface area (Å²) in [5, 5.41) is 7.73. The fraction of sp³-hybridized carbons (Fsp3) is 0.179. The molecule has 0 fully saturated rings. The van der Waals surface area contributed by atoms with Gasteiger partial charge in [-0.15, -0.1) is 0 Å². The summed E-state index contributed by atoms with van der Waals surface area (Å²) in [5.41, 5.74) is 4.61. The molecule has 0 aliphatic heterocycles. The van der Waals surface area contributed by atoms with Crippen LogP contribution in [0.1, 0.15) is 46.2 Å². The molecule has 6 heteroatoms. The van der Waals surface area contributed by atoms with Crippen LogP contribution in [0, 0.1) is 6.92 Å². The smallest absolute Gasteiger partial charge is 0.338 e. The van der Waals surface area contributed by atoms with Crippen LogP contribution < -0.4 is 5.32 Å². The minimum Gasteiger partial charge on any atom is -0.462 e. The molecule has 1 heterocycles. The molecule has 1 amide bonds. The van der Waals surface area contributed by atoms with E-state index in [2.05, 4.69) is 5.32 Å². The molecule has 0 atom stereocenters. The lowest BCUT2D eigenvalue weighted by Gasteiger charge is -2.09. The lowest BCUT2D eigenvalue weighted by atomic mass is 10.1. The maximum atomic E-state index is 13.4. The molecule has 0 radical (unpaired) electrons. The number of hydrogen-bond donors (Lipinski definition) is 1. The van der Waals surface area contributed by atoms with E-state index in [-0.39, 0.29) is 11.9 Å². The van der Waals surface area contributed by atoms with Gasteiger partial charge in [0.25, 0.3) is 5.91 Å². The number of carbonyl (C=O) groups excluding carboxylic acids is 2. The highest BCUT2D eigenvalue weighted by molar-refractivity contribution is 6.09. The second-order valence-electron chi connectivity index (χ2n) is 7.94. The number of rotatable bonds is 8. The summed E-state index contributed by atoms with van der Waals surface area (Å²) in [7, 11) is 0. The Bertz CT molecular complexity index is 1260. The first-order valence-electron chi connectivity index (χ1n) is 11.4. The van der Waals surface area contributed by atoms with Gasteiger partial charge in [0, 0.05) is 11.3 Å². The maximum absolute atomic E-state index is 13.4. The molecule has 0 spiro atoms. The molecule has 0 bridgehead atoms. The van der Waals surface area contributed by atoms with Gasteiger partial charge in [0.1, 0.15) is 5.69 Å². The third kappa shape index (κ3) is 5.07. The van der Waals surface area contributed by atoms with Crippen molar-refractivity contribution < 1.29 is 14.3 Å². The van der Waals surface area contributed by atoms with E-state index in [9.17, 15) is 9.59 Å². The van der Waals surface area contributed by atoms with Gasteiger partial charge in [0.2, 0.25) is 0 Å². The number of hydrogen-bond acceptors (Lipinski definition) is 4. The number of carbonyl (C=O) groups is 2. The number of anilines is 1. The molecule has 0 saturated heterocycles. The average molecular weight is 454 g/mol. The van der Waals surface area contributed by atoms with Crippen LogP contribution in [-0.2, 0) is 4.74 Å². The summed E-state index contributed by atoms with van der Waals surface area (Å²) < 4.78 is 7.03. The van der Waals surface area contributed by atoms with Crippen LogP contribution in [0.4, 0.5) is 5.69 Å². The molecule has 0 saturated carbocycles. The first-order valence-corrected chi connectivity index (χ1v) is 11.4. The number of aromatic nitrogens is 2. The number of amides is 1. The zero-order valence-corrected chi connectivity index (χ0v) is 19.3. The van der Waals surface area contributed by atoms with E-state index < -0.39 is 0 Å². The van der Waals surface area contributed by atoms with Gasteiger partial charge in [-0.05, 0) is 49.7 Å². The number of ether oxygens (including phenoxy) is 1. The minimum atomic E-state index is -0.363. The Labute approximate surface area is 199 Å². The first-order chi connectivity index (χ1) is 16.6. The molecular formula is C28H27N3O3. The van der Waals surface area contributed by atoms with E-state index in [1.807, 2.05) is 74.5 Å². The van der Waals surface area contributed by atoms with E-state index in [1.54, 1.807) is 28.9 Å². The standard InChI is InChI=1S/C28H27N3O3/c1-3-4-19-34-28(33)22-15-17-23(18-16-22)29-27(32)25-20(2)31(24-13-9-6-10-14-24)30-26(25)21-11-7-5-8-12-21/h5-18H,3-4,19H2,1-2H3,(H,29,32). The van der Waals surface area contributed by atoms with Gasteiger partial charge in [0.05, 0.1) is 29.1 Å². The normalized spacial score (nSPS) is 10.6. The van der Waals surface area contributed by atoms with Crippen molar-refractivity contribution in [1.82, 2.24) is 9.78 Å². The van der Waals surface area contributed by atoms with Gasteiger partial charge in [0.15, 0.2) is 0 Å². The van der Waals surface area contributed by atoms with Crippen molar-refractivity contribution in [1.29, 1.82) is 0 Å². The Balaban J connectivity index is 1.61. The van der Waals surface area contributed by atoms with Crippen molar-refractivity contribution in [2.75, 3.05) is 11.9 Å². The summed E-state index contributed by atoms with van der Waals surface area (Å²) >= 11 is 0. The molecule has 172 valence electrons. The first kappa shape index (κ1) is 23.0. The molecule has 0 aliphatic rings. The third-order valence-electron chi connectivity index (χ3n) is 5.50. The second-order valence-corrected chi connectivity index (χ2v) is 7.94. The van der Waals surface area contributed by atoms with Crippen LogP contribution >= 0.6 is 0 Å². The molecule has 0 aliphatic carbocycles. The van der Waals surface area contributed by atoms with Crippen molar-refractivity contribution in [2.24, 2.45) is 0 Å². The highest BCUT2D eigenvalue weighted by Crippen LogP contribution is 2.28. The van der Waals surface area contributed by atoms with Crippen LogP contribution in [-0.4, -0.2) is 28.3 Å². The summed E-state index contributed by atoms with van der Waals surface area (Å²) in [4.78, 5) is 25.5. The fourth-order valence-electron chi connectivity index (χ4n) is 3.67. The predicted octanol–water partition coefficient (Wildman–Crippen LogP) is 6.06. The van der Waals surface area contributed by atoms with Crippen molar-refractivity contribution in [3.05, 3.63) is 102 Å². The van der Waals surface area contributed by atoms with Crippen molar-refractivity contribution in [3.8, 4) is 16.9 Å². The summed E-state index contributed by atoms with van der Waals surface area (Å²) in [6.45, 7) is 4.33. The molecule has 34 heavy (non-hydrogen) atoms.